The van der Waals surface area contributed by atoms with Crippen LogP contribution >= 0.6 is 0 Å². The van der Waals surface area contributed by atoms with Crippen LogP contribution in [0, 0.1) is 0 Å². The van der Waals surface area contributed by atoms with E-state index in [2.05, 4.69) is 10.6 Å². The van der Waals surface area contributed by atoms with E-state index in [4.69, 9.17) is 4.74 Å². The molecular formula is C9H18N2O2. The molecule has 0 aromatic rings. The van der Waals surface area contributed by atoms with Crippen molar-refractivity contribution in [3.8, 4) is 0 Å². The van der Waals surface area contributed by atoms with E-state index in [-0.39, 0.29) is 0 Å². The molecule has 0 saturated carbocycles. The van der Waals surface area contributed by atoms with Crippen molar-refractivity contribution >= 4 is 0 Å². The molecule has 76 valence electrons. The van der Waals surface area contributed by atoms with Crippen LogP contribution in [0.5, 0.6) is 0 Å². The fourth-order valence-corrected chi connectivity index (χ4v) is 1.70. The number of hydrogen-bond donors (Lipinski definition) is 3. The lowest BCUT2D eigenvalue weighted by atomic mass is 9.94. The van der Waals surface area contributed by atoms with Crippen molar-refractivity contribution in [2.45, 2.75) is 24.5 Å². The summed E-state index contributed by atoms with van der Waals surface area (Å²) < 4.78 is 5.21. The highest BCUT2D eigenvalue weighted by molar-refractivity contribution is 4.88. The van der Waals surface area contributed by atoms with Crippen molar-refractivity contribution in [2.75, 3.05) is 32.8 Å². The second kappa shape index (κ2) is 3.92. The van der Waals surface area contributed by atoms with Crippen molar-refractivity contribution < 1.29 is 9.84 Å². The lowest BCUT2D eigenvalue weighted by molar-refractivity contribution is -0.0633. The predicted octanol–water partition coefficient (Wildman–Crippen LogP) is -0.911. The first-order chi connectivity index (χ1) is 6.29. The first-order valence-corrected chi connectivity index (χ1v) is 5.03. The van der Waals surface area contributed by atoms with Crippen molar-refractivity contribution in [3.63, 3.8) is 0 Å². The van der Waals surface area contributed by atoms with Gasteiger partial charge in [-0.15, -0.1) is 0 Å². The number of nitrogens with one attached hydrogen (secondary N) is 2. The Labute approximate surface area is 78.7 Å². The van der Waals surface area contributed by atoms with Gasteiger partial charge < -0.3 is 20.5 Å². The van der Waals surface area contributed by atoms with Gasteiger partial charge in [-0.1, -0.05) is 0 Å². The quantitative estimate of drug-likeness (QED) is 0.534. The van der Waals surface area contributed by atoms with Crippen LogP contribution in [0.1, 0.15) is 12.8 Å². The molecule has 0 unspecified atom stereocenters. The van der Waals surface area contributed by atoms with Gasteiger partial charge in [0.1, 0.15) is 0 Å². The Hall–Kier alpha value is -0.160. The molecule has 2 saturated heterocycles. The topological polar surface area (TPSA) is 53.5 Å². The predicted molar refractivity (Wildman–Crippen MR) is 49.7 cm³/mol. The van der Waals surface area contributed by atoms with E-state index in [1.807, 2.05) is 0 Å². The normalized spacial score (nSPS) is 28.4. The minimum Gasteiger partial charge on any atom is -0.388 e. The third kappa shape index (κ3) is 2.40. The first kappa shape index (κ1) is 9.40. The van der Waals surface area contributed by atoms with Gasteiger partial charge in [0.25, 0.3) is 0 Å². The van der Waals surface area contributed by atoms with Crippen LogP contribution in [0.2, 0.25) is 0 Å². The maximum atomic E-state index is 10.1. The fraction of sp³-hybridized carbons (Fsp3) is 1.00. The summed E-state index contributed by atoms with van der Waals surface area (Å²) in [5.41, 5.74) is -0.520. The highest BCUT2D eigenvalue weighted by Gasteiger charge is 2.30. The Morgan fingerprint density at radius 2 is 2.08 bits per heavy atom. The number of hydrogen-bond acceptors (Lipinski definition) is 4. The lowest BCUT2D eigenvalue weighted by Crippen LogP contribution is -2.59. The van der Waals surface area contributed by atoms with E-state index in [0.29, 0.717) is 25.8 Å². The monoisotopic (exact) mass is 186 g/mol. The molecule has 0 radical (unpaired) electrons. The van der Waals surface area contributed by atoms with Gasteiger partial charge in [-0.2, -0.15) is 0 Å². The molecule has 13 heavy (non-hydrogen) atoms. The van der Waals surface area contributed by atoms with Gasteiger partial charge >= 0.3 is 0 Å². The minimum atomic E-state index is -0.520. The van der Waals surface area contributed by atoms with Gasteiger partial charge in [-0.05, 0) is 0 Å². The van der Waals surface area contributed by atoms with Crippen molar-refractivity contribution in [3.05, 3.63) is 0 Å². The highest BCUT2D eigenvalue weighted by atomic mass is 16.5. The third-order valence-electron chi connectivity index (χ3n) is 2.92. The maximum Gasteiger partial charge on any atom is 0.0815 e. The Balaban J connectivity index is 1.71. The average molecular weight is 186 g/mol. The van der Waals surface area contributed by atoms with E-state index in [1.54, 1.807) is 0 Å². The zero-order valence-electron chi connectivity index (χ0n) is 7.88. The van der Waals surface area contributed by atoms with Crippen LogP contribution in [0.25, 0.3) is 0 Å². The molecule has 3 N–H and O–H groups in total. The molecule has 2 aliphatic rings. The molecule has 0 aromatic heterocycles. The summed E-state index contributed by atoms with van der Waals surface area (Å²) in [6, 6.07) is 0.562. The van der Waals surface area contributed by atoms with Crippen molar-refractivity contribution in [1.82, 2.24) is 10.6 Å². The number of ether oxygens (including phenoxy) is 1. The SMILES string of the molecule is OC1(CNC2CNC2)CCOCC1. The van der Waals surface area contributed by atoms with Gasteiger partial charge in [-0.3, -0.25) is 0 Å². The molecule has 0 aliphatic carbocycles. The molecule has 2 heterocycles. The van der Waals surface area contributed by atoms with Crippen LogP contribution in [-0.4, -0.2) is 49.6 Å². The Morgan fingerprint density at radius 1 is 1.38 bits per heavy atom. The van der Waals surface area contributed by atoms with E-state index in [1.165, 1.54) is 0 Å². The van der Waals surface area contributed by atoms with Gasteiger partial charge in [-0.25, -0.2) is 0 Å². The number of rotatable bonds is 3. The molecule has 2 fully saturated rings. The molecule has 0 atom stereocenters. The third-order valence-corrected chi connectivity index (χ3v) is 2.92. The Morgan fingerprint density at radius 3 is 2.62 bits per heavy atom. The standard InChI is InChI=1S/C9H18N2O2/c12-9(1-3-13-4-2-9)7-11-8-5-10-6-8/h8,10-12H,1-7H2. The average Bonchev–Trinajstić information content (AvgIpc) is 2.02. The van der Waals surface area contributed by atoms with E-state index in [0.717, 1.165) is 25.9 Å². The summed E-state index contributed by atoms with van der Waals surface area (Å²) in [5.74, 6) is 0. The summed E-state index contributed by atoms with van der Waals surface area (Å²) in [4.78, 5) is 0. The summed E-state index contributed by atoms with van der Waals surface area (Å²) in [6.45, 7) is 4.17. The van der Waals surface area contributed by atoms with Crippen molar-refractivity contribution in [2.24, 2.45) is 0 Å². The molecule has 4 heteroatoms. The summed E-state index contributed by atoms with van der Waals surface area (Å²) in [7, 11) is 0. The van der Waals surface area contributed by atoms with Gasteiger partial charge in [0.05, 0.1) is 5.60 Å². The molecule has 0 aromatic carbocycles. The zero-order chi connectivity index (χ0) is 9.15. The van der Waals surface area contributed by atoms with Crippen LogP contribution in [0.3, 0.4) is 0 Å². The largest absolute Gasteiger partial charge is 0.388 e. The van der Waals surface area contributed by atoms with Crippen LogP contribution < -0.4 is 10.6 Å². The Kier molecular flexibility index (Phi) is 2.83. The van der Waals surface area contributed by atoms with E-state index >= 15 is 0 Å². The number of aliphatic hydroxyl groups is 1. The molecule has 2 rings (SSSR count). The van der Waals surface area contributed by atoms with Crippen LogP contribution in [0.4, 0.5) is 0 Å². The summed E-state index contributed by atoms with van der Waals surface area (Å²) in [6.07, 6.45) is 1.53. The fourth-order valence-electron chi connectivity index (χ4n) is 1.70. The highest BCUT2D eigenvalue weighted by Crippen LogP contribution is 2.19. The van der Waals surface area contributed by atoms with E-state index in [9.17, 15) is 5.11 Å². The smallest absolute Gasteiger partial charge is 0.0815 e. The molecule has 0 bridgehead atoms. The van der Waals surface area contributed by atoms with Crippen LogP contribution in [0.15, 0.2) is 0 Å². The molecule has 0 spiro atoms. The minimum absolute atomic E-state index is 0.520. The second-order valence-electron chi connectivity index (χ2n) is 4.07. The van der Waals surface area contributed by atoms with Gasteiger partial charge in [0.15, 0.2) is 0 Å². The van der Waals surface area contributed by atoms with Gasteiger partial charge in [0.2, 0.25) is 0 Å². The molecular weight excluding hydrogens is 168 g/mol. The van der Waals surface area contributed by atoms with Gasteiger partial charge in [0, 0.05) is 51.7 Å². The molecule has 2 aliphatic heterocycles. The van der Waals surface area contributed by atoms with Crippen molar-refractivity contribution in [1.29, 1.82) is 0 Å². The zero-order valence-corrected chi connectivity index (χ0v) is 7.88. The molecule has 4 nitrogen and oxygen atoms in total. The first-order valence-electron chi connectivity index (χ1n) is 5.03. The summed E-state index contributed by atoms with van der Waals surface area (Å²) in [5, 5.41) is 16.6. The second-order valence-corrected chi connectivity index (χ2v) is 4.07. The Bertz CT molecular complexity index is 165. The maximum absolute atomic E-state index is 10.1. The molecule has 0 amide bonds. The summed E-state index contributed by atoms with van der Waals surface area (Å²) >= 11 is 0. The van der Waals surface area contributed by atoms with Crippen LogP contribution in [-0.2, 0) is 4.74 Å². The van der Waals surface area contributed by atoms with E-state index < -0.39 is 5.60 Å². The lowest BCUT2D eigenvalue weighted by Gasteiger charge is -2.36.